The van der Waals surface area contributed by atoms with Crippen molar-refractivity contribution >= 4 is 5.69 Å². The molecule has 0 bridgehead atoms. The smallest absolute Gasteiger partial charge is 0.0552 e. The van der Waals surface area contributed by atoms with E-state index in [0.29, 0.717) is 10.8 Å². The van der Waals surface area contributed by atoms with E-state index in [2.05, 4.69) is 63.6 Å². The summed E-state index contributed by atoms with van der Waals surface area (Å²) in [5.74, 6) is 0. The number of aromatic nitrogens is 1. The first-order valence-electron chi connectivity index (χ1n) is 15.0. The molecule has 1 aromatic heterocycles. The highest BCUT2D eigenvalue weighted by atomic mass is 15.1. The summed E-state index contributed by atoms with van der Waals surface area (Å²) in [6, 6.07) is 4.32. The van der Waals surface area contributed by atoms with Gasteiger partial charge in [-0.3, -0.25) is 4.98 Å². The van der Waals surface area contributed by atoms with Crippen LogP contribution in [0.4, 0.5) is 5.69 Å². The molecule has 0 aromatic carbocycles. The molecule has 0 amide bonds. The van der Waals surface area contributed by atoms with Gasteiger partial charge >= 0.3 is 0 Å². The van der Waals surface area contributed by atoms with E-state index >= 15 is 0 Å². The van der Waals surface area contributed by atoms with Gasteiger partial charge in [0.05, 0.1) is 11.9 Å². The van der Waals surface area contributed by atoms with Crippen LogP contribution >= 0.6 is 0 Å². The standard InChI is InChI=1S/C32H60N2/c1-7-31(4,5)24-18-14-10-12-16-20-27-34(30-23-22-26-33-29-30)28-21-17-13-11-15-19-25-32(6,8-2)9-3/h22-23,26,29H,7-21,24-25,27-28H2,1-6H3. The summed E-state index contributed by atoms with van der Waals surface area (Å²) < 4.78 is 0. The molecule has 34 heavy (non-hydrogen) atoms. The van der Waals surface area contributed by atoms with Gasteiger partial charge < -0.3 is 4.90 Å². The van der Waals surface area contributed by atoms with Crippen LogP contribution in [-0.4, -0.2) is 18.1 Å². The van der Waals surface area contributed by atoms with Gasteiger partial charge in [0.1, 0.15) is 0 Å². The first kappa shape index (κ1) is 31.0. The lowest BCUT2D eigenvalue weighted by Crippen LogP contribution is -2.25. The predicted octanol–water partition coefficient (Wildman–Crippen LogP) is 10.6. The van der Waals surface area contributed by atoms with Crippen molar-refractivity contribution in [2.24, 2.45) is 10.8 Å². The van der Waals surface area contributed by atoms with Crippen LogP contribution in [0.1, 0.15) is 151 Å². The fraction of sp³-hybridized carbons (Fsp3) is 0.844. The van der Waals surface area contributed by atoms with Crippen LogP contribution in [-0.2, 0) is 0 Å². The zero-order valence-corrected chi connectivity index (χ0v) is 24.1. The molecular formula is C32H60N2. The molecule has 2 nitrogen and oxygen atoms in total. The molecule has 0 saturated heterocycles. The number of hydrogen-bond acceptors (Lipinski definition) is 2. The molecular weight excluding hydrogens is 412 g/mol. The Morgan fingerprint density at radius 3 is 1.62 bits per heavy atom. The average molecular weight is 473 g/mol. The Labute approximate surface area is 214 Å². The highest BCUT2D eigenvalue weighted by Gasteiger charge is 2.18. The minimum atomic E-state index is 0.537. The van der Waals surface area contributed by atoms with Crippen LogP contribution in [0.2, 0.25) is 0 Å². The minimum absolute atomic E-state index is 0.537. The number of rotatable bonds is 22. The molecule has 0 aliphatic rings. The Kier molecular flexibility index (Phi) is 16.6. The van der Waals surface area contributed by atoms with Crippen LogP contribution in [0.5, 0.6) is 0 Å². The van der Waals surface area contributed by atoms with E-state index in [1.165, 1.54) is 128 Å². The second kappa shape index (κ2) is 18.3. The van der Waals surface area contributed by atoms with Crippen molar-refractivity contribution in [3.05, 3.63) is 24.5 Å². The zero-order valence-electron chi connectivity index (χ0n) is 24.1. The first-order chi connectivity index (χ1) is 16.4. The van der Waals surface area contributed by atoms with Crippen LogP contribution in [0.3, 0.4) is 0 Å². The number of anilines is 1. The molecule has 2 heteroatoms. The maximum absolute atomic E-state index is 4.38. The van der Waals surface area contributed by atoms with Gasteiger partial charge in [-0.2, -0.15) is 0 Å². The maximum atomic E-state index is 4.38. The second-order valence-corrected chi connectivity index (χ2v) is 12.0. The molecule has 0 unspecified atom stereocenters. The third-order valence-electron chi connectivity index (χ3n) is 8.67. The lowest BCUT2D eigenvalue weighted by atomic mass is 9.80. The average Bonchev–Trinajstić information content (AvgIpc) is 2.86. The van der Waals surface area contributed by atoms with E-state index in [-0.39, 0.29) is 0 Å². The largest absolute Gasteiger partial charge is 0.370 e. The van der Waals surface area contributed by atoms with E-state index in [1.54, 1.807) is 0 Å². The summed E-state index contributed by atoms with van der Waals surface area (Å²) >= 11 is 0. The van der Waals surface area contributed by atoms with E-state index in [4.69, 9.17) is 0 Å². The molecule has 0 radical (unpaired) electrons. The number of nitrogens with zero attached hydrogens (tertiary/aromatic N) is 2. The van der Waals surface area contributed by atoms with Crippen LogP contribution in [0.15, 0.2) is 24.5 Å². The molecule has 0 N–H and O–H groups in total. The Balaban J connectivity index is 2.19. The molecule has 1 heterocycles. The monoisotopic (exact) mass is 472 g/mol. The summed E-state index contributed by atoms with van der Waals surface area (Å²) in [6.07, 6.45) is 27.3. The summed E-state index contributed by atoms with van der Waals surface area (Å²) in [6.45, 7) is 16.7. The van der Waals surface area contributed by atoms with Crippen molar-refractivity contribution < 1.29 is 0 Å². The van der Waals surface area contributed by atoms with E-state index in [0.717, 1.165) is 0 Å². The van der Waals surface area contributed by atoms with Crippen molar-refractivity contribution in [2.45, 2.75) is 151 Å². The Hall–Kier alpha value is -1.05. The topological polar surface area (TPSA) is 16.1 Å². The van der Waals surface area contributed by atoms with Gasteiger partial charge in [0.15, 0.2) is 0 Å². The molecule has 1 rings (SSSR count). The van der Waals surface area contributed by atoms with Gasteiger partial charge in [0.25, 0.3) is 0 Å². The van der Waals surface area contributed by atoms with Crippen molar-refractivity contribution in [2.75, 3.05) is 18.0 Å². The second-order valence-electron chi connectivity index (χ2n) is 12.0. The first-order valence-corrected chi connectivity index (χ1v) is 15.0. The number of unbranched alkanes of at least 4 members (excludes halogenated alkanes) is 10. The Morgan fingerprint density at radius 1 is 0.647 bits per heavy atom. The van der Waals surface area contributed by atoms with Gasteiger partial charge in [0, 0.05) is 19.3 Å². The molecule has 0 saturated carbocycles. The van der Waals surface area contributed by atoms with Crippen molar-refractivity contribution in [1.29, 1.82) is 0 Å². The Bertz CT molecular complexity index is 576. The van der Waals surface area contributed by atoms with E-state index in [9.17, 15) is 0 Å². The summed E-state index contributed by atoms with van der Waals surface area (Å²) in [7, 11) is 0. The molecule has 1 aromatic rings. The van der Waals surface area contributed by atoms with Gasteiger partial charge in [0.2, 0.25) is 0 Å². The third kappa shape index (κ3) is 14.4. The zero-order chi connectivity index (χ0) is 25.1. The fourth-order valence-electron chi connectivity index (χ4n) is 4.87. The maximum Gasteiger partial charge on any atom is 0.0552 e. The van der Waals surface area contributed by atoms with E-state index < -0.39 is 0 Å². The summed E-state index contributed by atoms with van der Waals surface area (Å²) in [5, 5.41) is 0. The summed E-state index contributed by atoms with van der Waals surface area (Å²) in [5.41, 5.74) is 2.43. The molecule has 0 fully saturated rings. The molecule has 0 aliphatic heterocycles. The predicted molar refractivity (Wildman–Crippen MR) is 154 cm³/mol. The quantitative estimate of drug-likeness (QED) is 0.156. The highest BCUT2D eigenvalue weighted by molar-refractivity contribution is 5.43. The van der Waals surface area contributed by atoms with Gasteiger partial charge in [-0.25, -0.2) is 0 Å². The fourth-order valence-corrected chi connectivity index (χ4v) is 4.87. The Morgan fingerprint density at radius 2 is 1.15 bits per heavy atom. The minimum Gasteiger partial charge on any atom is -0.370 e. The lowest BCUT2D eigenvalue weighted by molar-refractivity contribution is 0.262. The third-order valence-corrected chi connectivity index (χ3v) is 8.67. The molecule has 0 spiro atoms. The normalized spacial score (nSPS) is 12.3. The number of hydrogen-bond donors (Lipinski definition) is 0. The van der Waals surface area contributed by atoms with Gasteiger partial charge in [-0.05, 0) is 48.6 Å². The van der Waals surface area contributed by atoms with Crippen molar-refractivity contribution in [3.63, 3.8) is 0 Å². The lowest BCUT2D eigenvalue weighted by Gasteiger charge is -2.26. The van der Waals surface area contributed by atoms with Gasteiger partial charge in [-0.1, -0.05) is 125 Å². The van der Waals surface area contributed by atoms with Gasteiger partial charge in [-0.15, -0.1) is 0 Å². The molecule has 0 aliphatic carbocycles. The summed E-state index contributed by atoms with van der Waals surface area (Å²) in [4.78, 5) is 6.97. The number of pyridine rings is 1. The van der Waals surface area contributed by atoms with Crippen LogP contribution in [0, 0.1) is 10.8 Å². The SMILES string of the molecule is CCC(C)(C)CCCCCCCCN(CCCCCCCCC(C)(CC)CC)c1cccnc1. The van der Waals surface area contributed by atoms with Crippen molar-refractivity contribution in [1.82, 2.24) is 4.98 Å². The molecule has 198 valence electrons. The highest BCUT2D eigenvalue weighted by Crippen LogP contribution is 2.32. The van der Waals surface area contributed by atoms with Crippen molar-refractivity contribution in [3.8, 4) is 0 Å². The van der Waals surface area contributed by atoms with E-state index in [1.807, 2.05) is 12.4 Å². The molecule has 0 atom stereocenters. The van der Waals surface area contributed by atoms with Crippen LogP contribution < -0.4 is 4.90 Å². The van der Waals surface area contributed by atoms with Crippen LogP contribution in [0.25, 0.3) is 0 Å².